The number of carbonyl (C=O) groups excluding carboxylic acids is 1. The molecule has 2 aliphatic heterocycles. The van der Waals surface area contributed by atoms with Crippen LogP contribution in [0.5, 0.6) is 11.5 Å². The first-order valence-corrected chi connectivity index (χ1v) is 13.1. The van der Waals surface area contributed by atoms with Crippen molar-refractivity contribution in [3.8, 4) is 11.5 Å². The standard InChI is InChI=1S/C16H22O3.C9H12O.C7H9O2.CH4/c1-10-9-11(2)13-5-7-16(4,8-6-14(17)18)19-15(13)12(10)3;1-6-4-7(2)8(3)9(10)5-6;1-3-7(2)5-4-6(8)9-7;/h9H,5-8H2,1-4H3,(H,17,18);4-5,10H,1-3H3;1,4-5H2,2H3;1H4/q;;+1;. The third-order valence-corrected chi connectivity index (χ3v) is 7.54. The number of aliphatic carboxylic acids is 1. The number of benzene rings is 2. The van der Waals surface area contributed by atoms with Crippen molar-refractivity contribution in [2.75, 3.05) is 0 Å². The van der Waals surface area contributed by atoms with Crippen LogP contribution in [-0.4, -0.2) is 33.4 Å². The minimum absolute atomic E-state index is 0. The van der Waals surface area contributed by atoms with Crippen molar-refractivity contribution in [3.05, 3.63) is 69.8 Å². The van der Waals surface area contributed by atoms with Crippen LogP contribution in [0.3, 0.4) is 0 Å². The summed E-state index contributed by atoms with van der Waals surface area (Å²) in [5.74, 6) is 0.482. The number of hydrogen-bond acceptors (Lipinski definition) is 5. The molecule has 2 unspecified atom stereocenters. The van der Waals surface area contributed by atoms with E-state index < -0.39 is 11.6 Å². The molecule has 6 heteroatoms. The van der Waals surface area contributed by atoms with Gasteiger partial charge in [-0.15, -0.1) is 0 Å². The molecule has 2 heterocycles. The summed E-state index contributed by atoms with van der Waals surface area (Å²) in [6, 6.07) is 6.05. The molecule has 0 aromatic heterocycles. The van der Waals surface area contributed by atoms with E-state index in [1.807, 2.05) is 34.6 Å². The average molecular weight is 540 g/mol. The van der Waals surface area contributed by atoms with E-state index in [-0.39, 0.29) is 25.4 Å². The molecule has 2 aromatic carbocycles. The number of hydrogen-bond donors (Lipinski definition) is 2. The van der Waals surface area contributed by atoms with Crippen molar-refractivity contribution in [2.24, 2.45) is 0 Å². The van der Waals surface area contributed by atoms with Gasteiger partial charge in [0.1, 0.15) is 23.7 Å². The van der Waals surface area contributed by atoms with Crippen molar-refractivity contribution < 1.29 is 29.3 Å². The average Bonchev–Trinajstić information content (AvgIpc) is 3.19. The number of esters is 1. The van der Waals surface area contributed by atoms with E-state index in [1.165, 1.54) is 22.3 Å². The van der Waals surface area contributed by atoms with Crippen LogP contribution in [0.1, 0.15) is 92.3 Å². The monoisotopic (exact) mass is 539 g/mol. The van der Waals surface area contributed by atoms with Crippen LogP contribution < -0.4 is 4.74 Å². The smallest absolute Gasteiger partial charge is 0.322 e. The lowest BCUT2D eigenvalue weighted by molar-refractivity contribution is -0.144. The second kappa shape index (κ2) is 13.6. The van der Waals surface area contributed by atoms with Crippen molar-refractivity contribution in [1.29, 1.82) is 0 Å². The van der Waals surface area contributed by atoms with Gasteiger partial charge in [-0.3, -0.25) is 9.59 Å². The summed E-state index contributed by atoms with van der Waals surface area (Å²) in [6.45, 7) is 19.5. The van der Waals surface area contributed by atoms with Crippen molar-refractivity contribution in [2.45, 2.75) is 113 Å². The molecular formula is C33H47O6+. The van der Waals surface area contributed by atoms with Gasteiger partial charge in [0.25, 0.3) is 6.08 Å². The van der Waals surface area contributed by atoms with Gasteiger partial charge in [0.05, 0.1) is 12.8 Å². The minimum Gasteiger partial charge on any atom is -0.508 e. The number of carboxylic acids is 1. The number of aromatic hydroxyl groups is 1. The minimum atomic E-state index is -0.757. The summed E-state index contributed by atoms with van der Waals surface area (Å²) in [5.41, 5.74) is 7.37. The van der Waals surface area contributed by atoms with E-state index in [0.717, 1.165) is 41.7 Å². The number of ether oxygens (including phenoxy) is 2. The fourth-order valence-electron chi connectivity index (χ4n) is 4.62. The van der Waals surface area contributed by atoms with Crippen LogP contribution in [0.2, 0.25) is 0 Å². The topological polar surface area (TPSA) is 93.1 Å². The van der Waals surface area contributed by atoms with E-state index in [4.69, 9.17) is 14.6 Å². The number of phenols is 1. The second-order valence-corrected chi connectivity index (χ2v) is 11.0. The van der Waals surface area contributed by atoms with Crippen LogP contribution in [0, 0.1) is 47.6 Å². The Labute approximate surface area is 235 Å². The number of cyclic esters (lactones) is 1. The molecule has 0 aliphatic carbocycles. The molecule has 2 atom stereocenters. The van der Waals surface area contributed by atoms with Gasteiger partial charge in [0.15, 0.2) is 0 Å². The van der Waals surface area contributed by atoms with Gasteiger partial charge in [-0.05, 0) is 113 Å². The fraction of sp³-hybridized carbons (Fsp3) is 0.515. The maximum atomic E-state index is 10.7. The summed E-state index contributed by atoms with van der Waals surface area (Å²) in [7, 11) is 0. The van der Waals surface area contributed by atoms with Crippen LogP contribution in [-0.2, 0) is 20.7 Å². The van der Waals surface area contributed by atoms with Gasteiger partial charge in [-0.1, -0.05) is 19.6 Å². The van der Waals surface area contributed by atoms with Gasteiger partial charge in [-0.2, -0.15) is 0 Å². The van der Waals surface area contributed by atoms with Gasteiger partial charge in [0.2, 0.25) is 0 Å². The summed E-state index contributed by atoms with van der Waals surface area (Å²) >= 11 is 0. The number of fused-ring (bicyclic) bond motifs is 1. The maximum absolute atomic E-state index is 10.7. The number of aryl methyl sites for hydroxylation is 4. The summed E-state index contributed by atoms with van der Waals surface area (Å²) < 4.78 is 11.1. The number of phenolic OH excluding ortho intramolecular Hbond substituents is 1. The van der Waals surface area contributed by atoms with E-state index in [1.54, 1.807) is 6.07 Å². The highest BCUT2D eigenvalue weighted by Crippen LogP contribution is 2.40. The van der Waals surface area contributed by atoms with Crippen LogP contribution in [0.15, 0.2) is 24.8 Å². The molecule has 2 aliphatic rings. The number of carbonyl (C=O) groups is 2. The van der Waals surface area contributed by atoms with Crippen LogP contribution >= 0.6 is 0 Å². The first-order valence-electron chi connectivity index (χ1n) is 13.1. The Balaban J connectivity index is 0.000000321. The zero-order valence-corrected chi connectivity index (χ0v) is 24.2. The molecule has 214 valence electrons. The molecule has 0 bridgehead atoms. The molecule has 2 N–H and O–H groups in total. The third kappa shape index (κ3) is 9.11. The number of rotatable bonds is 4. The van der Waals surface area contributed by atoms with E-state index in [0.29, 0.717) is 18.6 Å². The molecular weight excluding hydrogens is 492 g/mol. The number of carboxylic acid groups (broad SMARTS) is 1. The molecule has 0 saturated carbocycles. The van der Waals surface area contributed by atoms with Gasteiger partial charge >= 0.3 is 17.5 Å². The molecule has 0 radical (unpaired) electrons. The van der Waals surface area contributed by atoms with Crippen LogP contribution in [0.25, 0.3) is 0 Å². The van der Waals surface area contributed by atoms with Gasteiger partial charge < -0.3 is 19.7 Å². The van der Waals surface area contributed by atoms with Crippen molar-refractivity contribution in [1.82, 2.24) is 0 Å². The molecule has 1 saturated heterocycles. The first-order chi connectivity index (χ1) is 17.6. The Kier molecular flexibility index (Phi) is 11.8. The molecule has 4 rings (SSSR count). The molecule has 0 spiro atoms. The van der Waals surface area contributed by atoms with E-state index in [2.05, 4.69) is 45.6 Å². The Morgan fingerprint density at radius 3 is 2.05 bits per heavy atom. The zero-order chi connectivity index (χ0) is 28.8. The van der Waals surface area contributed by atoms with Gasteiger partial charge in [0, 0.05) is 13.3 Å². The molecule has 39 heavy (non-hydrogen) atoms. The molecule has 6 nitrogen and oxygen atoms in total. The lowest BCUT2D eigenvalue weighted by atomic mass is 9.85. The summed E-state index contributed by atoms with van der Waals surface area (Å²) in [4.78, 5) is 21.3. The van der Waals surface area contributed by atoms with E-state index >= 15 is 0 Å². The van der Waals surface area contributed by atoms with Crippen LogP contribution in [0.4, 0.5) is 0 Å². The third-order valence-electron chi connectivity index (χ3n) is 7.54. The fourth-order valence-corrected chi connectivity index (χ4v) is 4.62. The first kappa shape index (κ1) is 33.7. The SMILES string of the molecule is C.C=[C+]C1(C)CCC(=O)O1.Cc1cc(C)c(C)c(O)c1.Cc1cc(C)c2c(c1C)OC(C)(CCC(=O)O)CC2. The second-order valence-electron chi connectivity index (χ2n) is 11.0. The molecule has 1 fully saturated rings. The molecule has 2 aromatic rings. The highest BCUT2D eigenvalue weighted by atomic mass is 16.6. The lowest BCUT2D eigenvalue weighted by Crippen LogP contribution is -2.37. The zero-order valence-electron chi connectivity index (χ0n) is 24.2. The van der Waals surface area contributed by atoms with Gasteiger partial charge in [-0.25, -0.2) is 0 Å². The Morgan fingerprint density at radius 1 is 0.949 bits per heavy atom. The Hall–Kier alpha value is -3.37. The summed E-state index contributed by atoms with van der Waals surface area (Å²) in [6.07, 6.45) is 6.48. The summed E-state index contributed by atoms with van der Waals surface area (Å²) in [5, 5.41) is 18.1. The highest BCUT2D eigenvalue weighted by molar-refractivity contribution is 5.72. The quantitative estimate of drug-likeness (QED) is 0.307. The maximum Gasteiger partial charge on any atom is 0.322 e. The van der Waals surface area contributed by atoms with Crippen molar-refractivity contribution in [3.63, 3.8) is 0 Å². The normalized spacial score (nSPS) is 20.9. The highest BCUT2D eigenvalue weighted by Gasteiger charge is 2.43. The Bertz CT molecular complexity index is 1170. The lowest BCUT2D eigenvalue weighted by Gasteiger charge is -2.37. The largest absolute Gasteiger partial charge is 0.508 e. The predicted octanol–water partition coefficient (Wildman–Crippen LogP) is 7.59. The Morgan fingerprint density at radius 2 is 1.56 bits per heavy atom. The predicted molar refractivity (Wildman–Crippen MR) is 157 cm³/mol. The van der Waals surface area contributed by atoms with Crippen molar-refractivity contribution >= 4 is 11.9 Å². The van der Waals surface area contributed by atoms with E-state index in [9.17, 15) is 14.7 Å². The molecule has 0 amide bonds.